The molecule has 0 spiro atoms. The first-order valence-electron chi connectivity index (χ1n) is 9.40. The number of fused-ring (bicyclic) bond motifs is 4. The fourth-order valence-electron chi connectivity index (χ4n) is 4.24. The summed E-state index contributed by atoms with van der Waals surface area (Å²) in [5.41, 5.74) is 3.22. The number of benzene rings is 2. The molecule has 2 aliphatic rings. The van der Waals surface area contributed by atoms with Crippen molar-refractivity contribution in [3.63, 3.8) is 0 Å². The van der Waals surface area contributed by atoms with Gasteiger partial charge in [0.2, 0.25) is 5.91 Å². The van der Waals surface area contributed by atoms with Crippen molar-refractivity contribution in [2.75, 3.05) is 19.0 Å². The number of hydrogen-bond donors (Lipinski definition) is 1. The highest BCUT2D eigenvalue weighted by molar-refractivity contribution is 7.80. The van der Waals surface area contributed by atoms with Crippen LogP contribution in [0.4, 0.5) is 5.69 Å². The molecular weight excluding hydrogens is 370 g/mol. The van der Waals surface area contributed by atoms with Gasteiger partial charge in [-0.2, -0.15) is 0 Å². The average Bonchev–Trinajstić information content (AvgIpc) is 2.63. The number of anilines is 1. The van der Waals surface area contributed by atoms with Gasteiger partial charge in [-0.15, -0.1) is 0 Å². The first-order valence-corrected chi connectivity index (χ1v) is 9.81. The van der Waals surface area contributed by atoms with Gasteiger partial charge in [0, 0.05) is 25.3 Å². The van der Waals surface area contributed by atoms with Crippen LogP contribution in [0.2, 0.25) is 0 Å². The van der Waals surface area contributed by atoms with Crippen molar-refractivity contribution in [3.05, 3.63) is 59.2 Å². The Morgan fingerprint density at radius 2 is 1.79 bits per heavy atom. The first-order chi connectivity index (χ1) is 13.2. The number of thiocarbonyl (C=S) groups is 1. The second-order valence-electron chi connectivity index (χ2n) is 8.01. The summed E-state index contributed by atoms with van der Waals surface area (Å²) in [5.74, 6) is 0.338. The number of rotatable bonds is 2. The van der Waals surface area contributed by atoms with Crippen LogP contribution in [0.25, 0.3) is 0 Å². The molecule has 146 valence electrons. The molecule has 2 heterocycles. The molecule has 28 heavy (non-hydrogen) atoms. The van der Waals surface area contributed by atoms with Crippen LogP contribution in [0.3, 0.4) is 0 Å². The molecule has 2 aliphatic heterocycles. The number of carbonyl (C=O) groups excluding carboxylic acids is 1. The molecule has 1 saturated heterocycles. The summed E-state index contributed by atoms with van der Waals surface area (Å²) < 4.78 is 6.55. The lowest BCUT2D eigenvalue weighted by Gasteiger charge is -2.56. The summed E-state index contributed by atoms with van der Waals surface area (Å²) in [6.45, 7) is 6.04. The Morgan fingerprint density at radius 1 is 1.14 bits per heavy atom. The van der Waals surface area contributed by atoms with Crippen molar-refractivity contribution in [1.82, 2.24) is 10.2 Å². The van der Waals surface area contributed by atoms with E-state index in [2.05, 4.69) is 11.4 Å². The Morgan fingerprint density at radius 3 is 2.43 bits per heavy atom. The zero-order chi connectivity index (χ0) is 20.2. The van der Waals surface area contributed by atoms with Crippen LogP contribution in [0, 0.1) is 19.8 Å². The molecule has 0 radical (unpaired) electrons. The SMILES string of the molecule is Cc1ccc(N2C(=S)N[C@H]3c4cc(C)ccc4O[C@@]2(C)[C@@H]3C(=O)N(C)C)cc1. The molecule has 6 heteroatoms. The lowest BCUT2D eigenvalue weighted by atomic mass is 9.78. The molecule has 1 amide bonds. The van der Waals surface area contributed by atoms with Gasteiger partial charge in [0.1, 0.15) is 11.7 Å². The first kappa shape index (κ1) is 18.7. The summed E-state index contributed by atoms with van der Waals surface area (Å²) in [6, 6.07) is 14.0. The van der Waals surface area contributed by atoms with Gasteiger partial charge < -0.3 is 15.0 Å². The van der Waals surface area contributed by atoms with Crippen LogP contribution < -0.4 is 15.0 Å². The Kier molecular flexibility index (Phi) is 4.34. The Hall–Kier alpha value is -2.60. The number of nitrogens with zero attached hydrogens (tertiary/aromatic N) is 2. The molecule has 1 fully saturated rings. The zero-order valence-electron chi connectivity index (χ0n) is 16.8. The highest BCUT2D eigenvalue weighted by Crippen LogP contribution is 2.50. The van der Waals surface area contributed by atoms with E-state index in [-0.39, 0.29) is 11.9 Å². The second kappa shape index (κ2) is 6.48. The lowest BCUT2D eigenvalue weighted by molar-refractivity contribution is -0.144. The largest absolute Gasteiger partial charge is 0.467 e. The molecule has 2 aromatic carbocycles. The van der Waals surface area contributed by atoms with Crippen molar-refractivity contribution < 1.29 is 9.53 Å². The second-order valence-corrected chi connectivity index (χ2v) is 8.39. The molecule has 5 nitrogen and oxygen atoms in total. The summed E-state index contributed by atoms with van der Waals surface area (Å²) in [6.07, 6.45) is 0. The van der Waals surface area contributed by atoms with Gasteiger partial charge in [-0.1, -0.05) is 35.4 Å². The molecule has 2 bridgehead atoms. The number of ether oxygens (including phenoxy) is 1. The highest BCUT2D eigenvalue weighted by Gasteiger charge is 2.59. The van der Waals surface area contributed by atoms with E-state index in [1.165, 1.54) is 0 Å². The van der Waals surface area contributed by atoms with E-state index in [1.807, 2.05) is 62.1 Å². The maximum Gasteiger partial charge on any atom is 0.233 e. The topological polar surface area (TPSA) is 44.8 Å². The van der Waals surface area contributed by atoms with Crippen molar-refractivity contribution in [2.45, 2.75) is 32.5 Å². The molecule has 0 aromatic heterocycles. The molecule has 0 saturated carbocycles. The van der Waals surface area contributed by atoms with Crippen LogP contribution in [-0.2, 0) is 4.79 Å². The number of amides is 1. The third kappa shape index (κ3) is 2.75. The maximum atomic E-state index is 13.3. The predicted molar refractivity (Wildman–Crippen MR) is 115 cm³/mol. The summed E-state index contributed by atoms with van der Waals surface area (Å²) in [7, 11) is 3.56. The van der Waals surface area contributed by atoms with Gasteiger partial charge in [0.15, 0.2) is 10.8 Å². The van der Waals surface area contributed by atoms with E-state index < -0.39 is 11.6 Å². The molecular formula is C22H25N3O2S. The van der Waals surface area contributed by atoms with Crippen LogP contribution in [0.5, 0.6) is 5.75 Å². The van der Waals surface area contributed by atoms with Gasteiger partial charge >= 0.3 is 0 Å². The average molecular weight is 396 g/mol. The van der Waals surface area contributed by atoms with Crippen LogP contribution in [0.1, 0.15) is 29.7 Å². The molecule has 0 aliphatic carbocycles. The lowest BCUT2D eigenvalue weighted by Crippen LogP contribution is -2.72. The van der Waals surface area contributed by atoms with E-state index in [0.29, 0.717) is 5.11 Å². The van der Waals surface area contributed by atoms with E-state index >= 15 is 0 Å². The predicted octanol–water partition coefficient (Wildman–Crippen LogP) is 3.55. The van der Waals surface area contributed by atoms with Crippen molar-refractivity contribution >= 4 is 28.9 Å². The van der Waals surface area contributed by atoms with Gasteiger partial charge in [0.25, 0.3) is 0 Å². The zero-order valence-corrected chi connectivity index (χ0v) is 17.6. The monoisotopic (exact) mass is 395 g/mol. The number of carbonyl (C=O) groups is 1. The van der Waals surface area contributed by atoms with E-state index in [1.54, 1.807) is 19.0 Å². The van der Waals surface area contributed by atoms with E-state index in [0.717, 1.165) is 28.1 Å². The van der Waals surface area contributed by atoms with Crippen LogP contribution in [-0.4, -0.2) is 35.7 Å². The Balaban J connectivity index is 1.91. The quantitative estimate of drug-likeness (QED) is 0.788. The van der Waals surface area contributed by atoms with Crippen LogP contribution >= 0.6 is 12.2 Å². The van der Waals surface area contributed by atoms with E-state index in [9.17, 15) is 4.79 Å². The van der Waals surface area contributed by atoms with Gasteiger partial charge in [-0.3, -0.25) is 9.69 Å². The van der Waals surface area contributed by atoms with Crippen molar-refractivity contribution in [1.29, 1.82) is 0 Å². The Bertz CT molecular complexity index is 957. The maximum absolute atomic E-state index is 13.3. The number of aryl methyl sites for hydroxylation is 2. The summed E-state index contributed by atoms with van der Waals surface area (Å²) in [4.78, 5) is 16.9. The minimum Gasteiger partial charge on any atom is -0.467 e. The van der Waals surface area contributed by atoms with Gasteiger partial charge in [-0.25, -0.2) is 0 Å². The van der Waals surface area contributed by atoms with E-state index in [4.69, 9.17) is 17.0 Å². The van der Waals surface area contributed by atoms with Crippen molar-refractivity contribution in [2.24, 2.45) is 5.92 Å². The fourth-order valence-corrected chi connectivity index (χ4v) is 4.65. The molecule has 0 unspecified atom stereocenters. The van der Waals surface area contributed by atoms with Crippen molar-refractivity contribution in [3.8, 4) is 5.75 Å². The number of hydrogen-bond acceptors (Lipinski definition) is 3. The summed E-state index contributed by atoms with van der Waals surface area (Å²) in [5, 5.41) is 4.00. The third-order valence-electron chi connectivity index (χ3n) is 5.65. The molecule has 4 rings (SSSR count). The third-order valence-corrected chi connectivity index (χ3v) is 5.95. The van der Waals surface area contributed by atoms with Gasteiger partial charge in [-0.05, 0) is 51.2 Å². The standard InChI is InChI=1S/C22H25N3O2S/c1-13-6-9-15(10-7-13)25-21(28)23-19-16-12-14(2)8-11-17(16)27-22(25,3)18(19)20(26)24(4)5/h6-12,18-19H,1-5H3,(H,23,28)/t18-,19-,22-/m0/s1. The minimum absolute atomic E-state index is 0.00627. The minimum atomic E-state index is -0.939. The summed E-state index contributed by atoms with van der Waals surface area (Å²) >= 11 is 5.75. The highest BCUT2D eigenvalue weighted by atomic mass is 32.1. The van der Waals surface area contributed by atoms with Gasteiger partial charge in [0.05, 0.1) is 6.04 Å². The molecule has 3 atom stereocenters. The fraction of sp³-hybridized carbons (Fsp3) is 0.364. The normalized spacial score (nSPS) is 25.5. The van der Waals surface area contributed by atoms with Crippen LogP contribution in [0.15, 0.2) is 42.5 Å². The smallest absolute Gasteiger partial charge is 0.233 e. The molecule has 2 aromatic rings. The Labute approximate surface area is 171 Å². The molecule has 1 N–H and O–H groups in total. The number of nitrogens with one attached hydrogen (secondary N) is 1.